The van der Waals surface area contributed by atoms with Gasteiger partial charge in [-0.25, -0.2) is 8.42 Å². The fraction of sp³-hybridized carbons (Fsp3) is 0.292. The minimum absolute atomic E-state index is 0.0299. The monoisotopic (exact) mass is 487 g/mol. The van der Waals surface area contributed by atoms with Crippen LogP contribution < -0.4 is 0 Å². The molecule has 2 aromatic carbocycles. The molecule has 0 unspecified atom stereocenters. The Hall–Kier alpha value is -2.65. The Labute approximate surface area is 199 Å². The topological polar surface area (TPSA) is 74.1 Å². The molecule has 33 heavy (non-hydrogen) atoms. The Morgan fingerprint density at radius 3 is 2.27 bits per heavy atom. The number of amides is 1. The first-order valence-electron chi connectivity index (χ1n) is 10.7. The predicted molar refractivity (Wildman–Crippen MR) is 126 cm³/mol. The van der Waals surface area contributed by atoms with E-state index in [9.17, 15) is 13.2 Å². The summed E-state index contributed by atoms with van der Waals surface area (Å²) >= 11 is 6.11. The molecule has 2 heterocycles. The van der Waals surface area contributed by atoms with Gasteiger partial charge in [0.2, 0.25) is 15.9 Å². The van der Waals surface area contributed by atoms with Crippen molar-refractivity contribution in [2.24, 2.45) is 0 Å². The van der Waals surface area contributed by atoms with Crippen LogP contribution in [0.3, 0.4) is 0 Å². The maximum atomic E-state index is 13.2. The van der Waals surface area contributed by atoms with E-state index in [2.05, 4.69) is 0 Å². The Bertz CT molecular complexity index is 1160. The van der Waals surface area contributed by atoms with E-state index in [-0.39, 0.29) is 22.4 Å². The van der Waals surface area contributed by atoms with Gasteiger partial charge >= 0.3 is 0 Å². The number of benzene rings is 2. The van der Waals surface area contributed by atoms with Gasteiger partial charge in [-0.2, -0.15) is 4.31 Å². The summed E-state index contributed by atoms with van der Waals surface area (Å²) in [4.78, 5) is 17.0. The van der Waals surface area contributed by atoms with E-state index >= 15 is 0 Å². The van der Waals surface area contributed by atoms with Crippen molar-refractivity contribution in [1.82, 2.24) is 14.1 Å². The molecule has 0 atom stereocenters. The third-order valence-electron chi connectivity index (χ3n) is 5.64. The molecule has 7 nitrogen and oxygen atoms in total. The van der Waals surface area contributed by atoms with Gasteiger partial charge in [0.05, 0.1) is 24.4 Å². The lowest BCUT2D eigenvalue weighted by atomic mass is 10.2. The molecule has 1 amide bonds. The molecule has 0 spiro atoms. The number of hydrogen-bond acceptors (Lipinski definition) is 5. The fourth-order valence-corrected chi connectivity index (χ4v) is 5.75. The van der Waals surface area contributed by atoms with E-state index in [4.69, 9.17) is 16.0 Å². The van der Waals surface area contributed by atoms with Gasteiger partial charge in [-0.1, -0.05) is 54.1 Å². The summed E-state index contributed by atoms with van der Waals surface area (Å²) in [5.74, 6) is 0.688. The molecule has 4 rings (SSSR count). The van der Waals surface area contributed by atoms with Crippen LogP contribution >= 0.6 is 11.6 Å². The number of furan rings is 1. The van der Waals surface area contributed by atoms with Crippen LogP contribution in [0.1, 0.15) is 11.3 Å². The van der Waals surface area contributed by atoms with Crippen LogP contribution in [0.4, 0.5) is 0 Å². The van der Waals surface area contributed by atoms with Gasteiger partial charge in [0.15, 0.2) is 0 Å². The second-order valence-corrected chi connectivity index (χ2v) is 10.2. The summed E-state index contributed by atoms with van der Waals surface area (Å²) in [5, 5.41) is 0.213. The molecular formula is C24H26ClN3O4S. The van der Waals surface area contributed by atoms with Crippen molar-refractivity contribution >= 4 is 27.5 Å². The Kier molecular flexibility index (Phi) is 7.49. The van der Waals surface area contributed by atoms with Crippen molar-refractivity contribution < 1.29 is 17.6 Å². The average Bonchev–Trinajstić information content (AvgIpc) is 3.33. The molecule has 1 aliphatic heterocycles. The number of rotatable bonds is 8. The van der Waals surface area contributed by atoms with E-state index in [1.165, 1.54) is 10.4 Å². The summed E-state index contributed by atoms with van der Waals surface area (Å²) < 4.78 is 32.8. The second kappa shape index (κ2) is 10.5. The minimum Gasteiger partial charge on any atom is -0.467 e. The molecule has 0 aliphatic carbocycles. The summed E-state index contributed by atoms with van der Waals surface area (Å²) in [7, 11) is -3.67. The first kappa shape index (κ1) is 23.5. The molecule has 1 saturated heterocycles. The quantitative estimate of drug-likeness (QED) is 0.486. The zero-order chi connectivity index (χ0) is 23.3. The Morgan fingerprint density at radius 1 is 0.909 bits per heavy atom. The Morgan fingerprint density at radius 2 is 1.61 bits per heavy atom. The van der Waals surface area contributed by atoms with Crippen molar-refractivity contribution in [3.63, 3.8) is 0 Å². The van der Waals surface area contributed by atoms with E-state index in [0.29, 0.717) is 39.3 Å². The second-order valence-electron chi connectivity index (χ2n) is 7.93. The predicted octanol–water partition coefficient (Wildman–Crippen LogP) is 3.47. The van der Waals surface area contributed by atoms with Crippen molar-refractivity contribution in [3.8, 4) is 0 Å². The largest absolute Gasteiger partial charge is 0.467 e. The summed E-state index contributed by atoms with van der Waals surface area (Å²) in [6, 6.07) is 19.9. The van der Waals surface area contributed by atoms with Crippen LogP contribution in [-0.4, -0.2) is 61.2 Å². The maximum absolute atomic E-state index is 13.2. The molecule has 1 aromatic heterocycles. The number of sulfonamides is 1. The minimum atomic E-state index is -3.67. The molecule has 9 heteroatoms. The average molecular weight is 488 g/mol. The van der Waals surface area contributed by atoms with Gasteiger partial charge in [0, 0.05) is 32.7 Å². The van der Waals surface area contributed by atoms with E-state index in [1.54, 1.807) is 35.4 Å². The highest BCUT2D eigenvalue weighted by Crippen LogP contribution is 2.25. The Balaban J connectivity index is 1.38. The van der Waals surface area contributed by atoms with Gasteiger partial charge in [0.1, 0.15) is 10.7 Å². The summed E-state index contributed by atoms with van der Waals surface area (Å²) in [6.07, 6.45) is 1.60. The lowest BCUT2D eigenvalue weighted by Crippen LogP contribution is -2.51. The highest BCUT2D eigenvalue weighted by Gasteiger charge is 2.31. The number of carbonyl (C=O) groups excluding carboxylic acids is 1. The van der Waals surface area contributed by atoms with Crippen LogP contribution in [0.5, 0.6) is 0 Å². The van der Waals surface area contributed by atoms with Gasteiger partial charge in [-0.05, 0) is 29.8 Å². The molecule has 0 saturated carbocycles. The van der Waals surface area contributed by atoms with Crippen molar-refractivity contribution in [2.45, 2.75) is 18.0 Å². The van der Waals surface area contributed by atoms with Gasteiger partial charge < -0.3 is 9.32 Å². The summed E-state index contributed by atoms with van der Waals surface area (Å²) in [6.45, 7) is 2.61. The number of hydrogen-bond donors (Lipinski definition) is 0. The smallest absolute Gasteiger partial charge is 0.244 e. The fourth-order valence-electron chi connectivity index (χ4n) is 3.84. The molecule has 1 fully saturated rings. The van der Waals surface area contributed by atoms with Crippen LogP contribution in [-0.2, 0) is 27.9 Å². The third kappa shape index (κ3) is 5.83. The molecule has 1 aliphatic rings. The molecule has 174 valence electrons. The maximum Gasteiger partial charge on any atom is 0.244 e. The third-order valence-corrected chi connectivity index (χ3v) is 8.04. The highest BCUT2D eigenvalue weighted by atomic mass is 35.5. The van der Waals surface area contributed by atoms with Crippen molar-refractivity contribution in [1.29, 1.82) is 0 Å². The van der Waals surface area contributed by atoms with Crippen LogP contribution in [0.15, 0.2) is 82.3 Å². The molecule has 0 bridgehead atoms. The molecular weight excluding hydrogens is 462 g/mol. The number of nitrogens with zero attached hydrogens (tertiary/aromatic N) is 3. The highest BCUT2D eigenvalue weighted by molar-refractivity contribution is 7.89. The summed E-state index contributed by atoms with van der Waals surface area (Å²) in [5.41, 5.74) is 1.04. The van der Waals surface area contributed by atoms with Gasteiger partial charge in [0.25, 0.3) is 0 Å². The zero-order valence-corrected chi connectivity index (χ0v) is 19.7. The lowest BCUT2D eigenvalue weighted by molar-refractivity contribution is -0.134. The van der Waals surface area contributed by atoms with E-state index in [0.717, 1.165) is 11.3 Å². The number of halogens is 1. The van der Waals surface area contributed by atoms with Crippen LogP contribution in [0.25, 0.3) is 0 Å². The standard InChI is InChI=1S/C24H26ClN3O4S/c25-22-10-4-5-11-23(22)33(30,31)28-14-12-26(13-15-28)19-24(29)27(18-21-9-6-16-32-21)17-20-7-2-1-3-8-20/h1-11,16H,12-15,17-19H2. The number of piperazine rings is 1. The normalized spacial score (nSPS) is 15.4. The zero-order valence-electron chi connectivity index (χ0n) is 18.1. The van der Waals surface area contributed by atoms with Crippen LogP contribution in [0.2, 0.25) is 5.02 Å². The van der Waals surface area contributed by atoms with Crippen molar-refractivity contribution in [3.05, 3.63) is 89.3 Å². The molecule has 0 radical (unpaired) electrons. The SMILES string of the molecule is O=C(CN1CCN(S(=O)(=O)c2ccccc2Cl)CC1)N(Cc1ccccc1)Cc1ccco1. The molecule has 0 N–H and O–H groups in total. The first-order chi connectivity index (χ1) is 15.9. The van der Waals surface area contributed by atoms with E-state index in [1.807, 2.05) is 41.3 Å². The van der Waals surface area contributed by atoms with Gasteiger partial charge in [-0.3, -0.25) is 9.69 Å². The van der Waals surface area contributed by atoms with Gasteiger partial charge in [-0.15, -0.1) is 0 Å². The lowest BCUT2D eigenvalue weighted by Gasteiger charge is -2.34. The van der Waals surface area contributed by atoms with Crippen molar-refractivity contribution in [2.75, 3.05) is 32.7 Å². The van der Waals surface area contributed by atoms with Crippen LogP contribution in [0, 0.1) is 0 Å². The first-order valence-corrected chi connectivity index (χ1v) is 12.6. The van der Waals surface area contributed by atoms with E-state index < -0.39 is 10.0 Å². The molecule has 3 aromatic rings. The number of carbonyl (C=O) groups is 1.